The molecule has 0 aliphatic rings. The molecule has 4 heterocycles. The van der Waals surface area contributed by atoms with Crippen LogP contribution in [0.2, 0.25) is 0 Å². The first kappa shape index (κ1) is 17.9. The average Bonchev–Trinajstić information content (AvgIpc) is 2.85. The Balaban J connectivity index is 1.49. The number of pyridine rings is 4. The SMILES string of the molecule is c1ccc(-[n+]2ccc(-c3ccncc3)cc2)c(-[n+]2ccc(-c3ccncc3)cc2)c1. The lowest BCUT2D eigenvalue weighted by atomic mass is 10.1. The van der Waals surface area contributed by atoms with Crippen molar-refractivity contribution in [2.24, 2.45) is 0 Å². The van der Waals surface area contributed by atoms with E-state index in [9.17, 15) is 0 Å². The van der Waals surface area contributed by atoms with E-state index in [0.29, 0.717) is 0 Å². The fraction of sp³-hybridized carbons (Fsp3) is 0. The quantitative estimate of drug-likeness (QED) is 0.429. The predicted octanol–water partition coefficient (Wildman–Crippen LogP) is 4.36. The Morgan fingerprint density at radius 1 is 0.400 bits per heavy atom. The Kier molecular flexibility index (Phi) is 4.80. The molecule has 0 unspecified atom stereocenters. The summed E-state index contributed by atoms with van der Waals surface area (Å²) in [4.78, 5) is 8.19. The number of rotatable bonds is 4. The highest BCUT2D eigenvalue weighted by atomic mass is 15.0. The number of benzene rings is 1. The van der Waals surface area contributed by atoms with Crippen LogP contribution in [0, 0.1) is 0 Å². The van der Waals surface area contributed by atoms with E-state index in [2.05, 4.69) is 92.4 Å². The van der Waals surface area contributed by atoms with Gasteiger partial charge in [0.25, 0.3) is 11.4 Å². The summed E-state index contributed by atoms with van der Waals surface area (Å²) in [7, 11) is 0. The number of aromatic nitrogens is 4. The van der Waals surface area contributed by atoms with Crippen LogP contribution < -0.4 is 9.13 Å². The van der Waals surface area contributed by atoms with Crippen LogP contribution in [0.15, 0.2) is 122 Å². The standard InChI is InChI=1S/C26H20N4/c1-2-4-26(30-19-11-24(12-20-30)22-7-15-28-16-8-22)25(3-1)29-17-9-23(10-18-29)21-5-13-27-14-6-21/h1-20H/q+2. The number of para-hydroxylation sites is 2. The predicted molar refractivity (Wildman–Crippen MR) is 116 cm³/mol. The zero-order valence-corrected chi connectivity index (χ0v) is 16.3. The summed E-state index contributed by atoms with van der Waals surface area (Å²) >= 11 is 0. The van der Waals surface area contributed by atoms with Gasteiger partial charge in [0.15, 0.2) is 24.8 Å². The highest BCUT2D eigenvalue weighted by Gasteiger charge is 2.20. The minimum absolute atomic E-state index is 1.11. The molecular weight excluding hydrogens is 368 g/mol. The number of hydrogen-bond donors (Lipinski definition) is 0. The van der Waals surface area contributed by atoms with Crippen molar-refractivity contribution in [2.75, 3.05) is 0 Å². The molecule has 0 aliphatic carbocycles. The van der Waals surface area contributed by atoms with E-state index in [1.807, 2.05) is 49.1 Å². The fourth-order valence-corrected chi connectivity index (χ4v) is 3.55. The van der Waals surface area contributed by atoms with Crippen molar-refractivity contribution in [3.8, 4) is 33.6 Å². The van der Waals surface area contributed by atoms with Gasteiger partial charge in [-0.1, -0.05) is 12.1 Å². The fourth-order valence-electron chi connectivity index (χ4n) is 3.55. The van der Waals surface area contributed by atoms with Crippen molar-refractivity contribution in [1.82, 2.24) is 9.97 Å². The third-order valence-corrected chi connectivity index (χ3v) is 5.12. The maximum Gasteiger partial charge on any atom is 0.283 e. The molecule has 0 fully saturated rings. The van der Waals surface area contributed by atoms with Crippen LogP contribution >= 0.6 is 0 Å². The van der Waals surface area contributed by atoms with Crippen LogP contribution in [0.4, 0.5) is 0 Å². The lowest BCUT2D eigenvalue weighted by molar-refractivity contribution is -0.633. The Morgan fingerprint density at radius 2 is 0.733 bits per heavy atom. The van der Waals surface area contributed by atoms with E-state index in [1.54, 1.807) is 0 Å². The van der Waals surface area contributed by atoms with Gasteiger partial charge in [-0.05, 0) is 46.5 Å². The molecule has 0 saturated carbocycles. The molecule has 142 valence electrons. The van der Waals surface area contributed by atoms with Crippen LogP contribution in [0.5, 0.6) is 0 Å². The summed E-state index contributed by atoms with van der Waals surface area (Å²) in [6.07, 6.45) is 15.7. The molecule has 4 nitrogen and oxygen atoms in total. The molecule has 4 heteroatoms. The molecule has 0 N–H and O–H groups in total. The number of nitrogens with zero attached hydrogens (tertiary/aromatic N) is 4. The van der Waals surface area contributed by atoms with Crippen molar-refractivity contribution in [1.29, 1.82) is 0 Å². The van der Waals surface area contributed by atoms with E-state index < -0.39 is 0 Å². The highest BCUT2D eigenvalue weighted by molar-refractivity contribution is 5.62. The Hall–Kier alpha value is -4.18. The van der Waals surface area contributed by atoms with Crippen molar-refractivity contribution in [3.63, 3.8) is 0 Å². The Bertz CT molecular complexity index is 1150. The van der Waals surface area contributed by atoms with E-state index in [1.165, 1.54) is 11.1 Å². The molecular formula is C26H20N4+2. The van der Waals surface area contributed by atoms with Gasteiger partial charge in [-0.15, -0.1) is 0 Å². The lowest BCUT2D eigenvalue weighted by Gasteiger charge is -2.03. The molecule has 30 heavy (non-hydrogen) atoms. The van der Waals surface area contributed by atoms with Gasteiger partial charge >= 0.3 is 0 Å². The average molecular weight is 388 g/mol. The molecule has 0 atom stereocenters. The molecule has 5 rings (SSSR count). The van der Waals surface area contributed by atoms with Crippen LogP contribution in [-0.2, 0) is 0 Å². The Morgan fingerprint density at radius 3 is 1.10 bits per heavy atom. The monoisotopic (exact) mass is 388 g/mol. The number of hydrogen-bond acceptors (Lipinski definition) is 2. The van der Waals surface area contributed by atoms with Gasteiger partial charge < -0.3 is 0 Å². The molecule has 0 saturated heterocycles. The summed E-state index contributed by atoms with van der Waals surface area (Å²) in [6.45, 7) is 0. The summed E-state index contributed by atoms with van der Waals surface area (Å²) in [6, 6.07) is 25.0. The molecule has 0 aliphatic heterocycles. The second-order valence-corrected chi connectivity index (χ2v) is 6.95. The van der Waals surface area contributed by atoms with Gasteiger partial charge in [-0.2, -0.15) is 9.13 Å². The molecule has 0 spiro atoms. The van der Waals surface area contributed by atoms with Gasteiger partial charge in [0.1, 0.15) is 0 Å². The summed E-state index contributed by atoms with van der Waals surface area (Å²) < 4.78 is 4.29. The maximum absolute atomic E-state index is 4.10. The van der Waals surface area contributed by atoms with E-state index in [4.69, 9.17) is 0 Å². The van der Waals surface area contributed by atoms with Gasteiger partial charge in [-0.3, -0.25) is 9.97 Å². The minimum Gasteiger partial charge on any atom is -0.265 e. The first-order chi connectivity index (χ1) is 14.9. The van der Waals surface area contributed by atoms with Crippen LogP contribution in [-0.4, -0.2) is 9.97 Å². The summed E-state index contributed by atoms with van der Waals surface area (Å²) in [5.74, 6) is 0. The third kappa shape index (κ3) is 3.59. The van der Waals surface area contributed by atoms with Gasteiger partial charge in [-0.25, -0.2) is 0 Å². The van der Waals surface area contributed by atoms with Gasteiger partial charge in [0, 0.05) is 61.2 Å². The first-order valence-electron chi connectivity index (χ1n) is 9.82. The molecule has 5 aromatic rings. The largest absolute Gasteiger partial charge is 0.283 e. The van der Waals surface area contributed by atoms with Gasteiger partial charge in [0.05, 0.1) is 0 Å². The zero-order chi connectivity index (χ0) is 20.2. The summed E-state index contributed by atoms with van der Waals surface area (Å²) in [5.41, 5.74) is 6.87. The molecule has 0 amide bonds. The van der Waals surface area contributed by atoms with Crippen LogP contribution in [0.3, 0.4) is 0 Å². The molecule has 0 radical (unpaired) electrons. The third-order valence-electron chi connectivity index (χ3n) is 5.12. The molecule has 1 aromatic carbocycles. The molecule has 4 aromatic heterocycles. The second kappa shape index (κ2) is 8.05. The maximum atomic E-state index is 4.10. The normalized spacial score (nSPS) is 10.7. The topological polar surface area (TPSA) is 33.5 Å². The smallest absolute Gasteiger partial charge is 0.265 e. The minimum atomic E-state index is 1.11. The zero-order valence-electron chi connectivity index (χ0n) is 16.3. The second-order valence-electron chi connectivity index (χ2n) is 6.95. The Labute approximate surface area is 175 Å². The van der Waals surface area contributed by atoms with Gasteiger partial charge in [0.2, 0.25) is 0 Å². The summed E-state index contributed by atoms with van der Waals surface area (Å²) in [5, 5.41) is 0. The van der Waals surface area contributed by atoms with E-state index >= 15 is 0 Å². The first-order valence-corrected chi connectivity index (χ1v) is 9.82. The molecule has 0 bridgehead atoms. The van der Waals surface area contributed by atoms with E-state index in [-0.39, 0.29) is 0 Å². The van der Waals surface area contributed by atoms with Crippen molar-refractivity contribution in [3.05, 3.63) is 122 Å². The highest BCUT2D eigenvalue weighted by Crippen LogP contribution is 2.18. The van der Waals surface area contributed by atoms with Crippen molar-refractivity contribution >= 4 is 0 Å². The van der Waals surface area contributed by atoms with Crippen molar-refractivity contribution in [2.45, 2.75) is 0 Å². The van der Waals surface area contributed by atoms with E-state index in [0.717, 1.165) is 22.5 Å². The van der Waals surface area contributed by atoms with Crippen LogP contribution in [0.25, 0.3) is 33.6 Å². The lowest BCUT2D eigenvalue weighted by Crippen LogP contribution is -2.38. The van der Waals surface area contributed by atoms with Crippen LogP contribution in [0.1, 0.15) is 0 Å². The van der Waals surface area contributed by atoms with Crippen molar-refractivity contribution < 1.29 is 9.13 Å².